The Morgan fingerprint density at radius 3 is 2.51 bits per heavy atom. The summed E-state index contributed by atoms with van der Waals surface area (Å²) in [7, 11) is 0. The zero-order valence-corrected chi connectivity index (χ0v) is 21.0. The van der Waals surface area contributed by atoms with Crippen LogP contribution in [0.4, 0.5) is 5.69 Å². The standard InChI is InChI=1S/C26H21BrN2O5S/c1-2-34-21-13-17(12-20(27)23(21)30)14-22-24(31)29(15-16-8-10-18(11-9-16)25(32)33)26(35-22)28-19-6-4-3-5-7-19/h3-14,30H,2,15H2,1H3,(H,32,33)/b22-14-,28-26?. The van der Waals surface area contributed by atoms with Gasteiger partial charge in [-0.25, -0.2) is 9.79 Å². The fraction of sp³-hybridized carbons (Fsp3) is 0.115. The first kappa shape index (κ1) is 24.6. The number of carboxylic acids is 1. The predicted molar refractivity (Wildman–Crippen MR) is 140 cm³/mol. The Bertz CT molecular complexity index is 1320. The first-order valence-electron chi connectivity index (χ1n) is 10.7. The summed E-state index contributed by atoms with van der Waals surface area (Å²) in [5, 5.41) is 19.9. The third kappa shape index (κ3) is 5.75. The number of halogens is 1. The van der Waals surface area contributed by atoms with Crippen LogP contribution >= 0.6 is 27.7 Å². The molecule has 1 aliphatic rings. The lowest BCUT2D eigenvalue weighted by atomic mass is 10.1. The highest BCUT2D eigenvalue weighted by Crippen LogP contribution is 2.39. The van der Waals surface area contributed by atoms with Crippen LogP contribution in [0.15, 0.2) is 81.1 Å². The van der Waals surface area contributed by atoms with Crippen molar-refractivity contribution in [3.05, 3.63) is 92.8 Å². The second kappa shape index (κ2) is 10.8. The monoisotopic (exact) mass is 552 g/mol. The first-order chi connectivity index (χ1) is 16.9. The van der Waals surface area contributed by atoms with E-state index in [-0.39, 0.29) is 23.8 Å². The fourth-order valence-corrected chi connectivity index (χ4v) is 4.83. The minimum Gasteiger partial charge on any atom is -0.503 e. The zero-order chi connectivity index (χ0) is 24.9. The number of phenols is 1. The van der Waals surface area contributed by atoms with Gasteiger partial charge in [0, 0.05) is 0 Å². The molecule has 0 aromatic heterocycles. The number of carboxylic acid groups (broad SMARTS) is 1. The molecule has 1 heterocycles. The summed E-state index contributed by atoms with van der Waals surface area (Å²) >= 11 is 4.58. The number of carbonyl (C=O) groups excluding carboxylic acids is 1. The lowest BCUT2D eigenvalue weighted by Gasteiger charge is -2.16. The molecule has 35 heavy (non-hydrogen) atoms. The fourth-order valence-electron chi connectivity index (χ4n) is 3.37. The summed E-state index contributed by atoms with van der Waals surface area (Å²) in [6, 6.07) is 19.1. The van der Waals surface area contributed by atoms with Gasteiger partial charge in [0.2, 0.25) is 0 Å². The quantitative estimate of drug-likeness (QED) is 0.346. The summed E-state index contributed by atoms with van der Waals surface area (Å²) in [6.45, 7) is 2.44. The van der Waals surface area contributed by atoms with E-state index in [1.165, 1.54) is 23.9 Å². The summed E-state index contributed by atoms with van der Waals surface area (Å²) in [5.41, 5.74) is 2.34. The Labute approximate surface area is 214 Å². The van der Waals surface area contributed by atoms with E-state index in [1.807, 2.05) is 37.3 Å². The van der Waals surface area contributed by atoms with Crippen molar-refractivity contribution in [2.75, 3.05) is 6.61 Å². The number of hydrogen-bond acceptors (Lipinski definition) is 6. The van der Waals surface area contributed by atoms with Crippen molar-refractivity contribution in [3.8, 4) is 11.5 Å². The van der Waals surface area contributed by atoms with E-state index < -0.39 is 5.97 Å². The molecule has 9 heteroatoms. The van der Waals surface area contributed by atoms with E-state index in [0.717, 1.165) is 5.56 Å². The molecule has 3 aromatic carbocycles. The van der Waals surface area contributed by atoms with Crippen molar-refractivity contribution < 1.29 is 24.5 Å². The second-order valence-corrected chi connectivity index (χ2v) is 9.38. The van der Waals surface area contributed by atoms with Crippen LogP contribution in [0.2, 0.25) is 0 Å². The highest BCUT2D eigenvalue weighted by atomic mass is 79.9. The number of aromatic hydroxyl groups is 1. The normalized spacial score (nSPS) is 15.7. The van der Waals surface area contributed by atoms with E-state index in [1.54, 1.807) is 35.2 Å². The Hall–Kier alpha value is -3.56. The number of carbonyl (C=O) groups is 2. The van der Waals surface area contributed by atoms with Crippen LogP contribution in [0.3, 0.4) is 0 Å². The minimum absolute atomic E-state index is 0.00263. The summed E-state index contributed by atoms with van der Waals surface area (Å²) in [5.74, 6) is -0.920. The Morgan fingerprint density at radius 1 is 1.14 bits per heavy atom. The molecule has 4 rings (SSSR count). The number of amides is 1. The molecule has 1 amide bonds. The van der Waals surface area contributed by atoms with Gasteiger partial charge in [-0.15, -0.1) is 0 Å². The number of para-hydroxylation sites is 1. The topological polar surface area (TPSA) is 99.4 Å². The van der Waals surface area contributed by atoms with Gasteiger partial charge in [-0.2, -0.15) is 0 Å². The van der Waals surface area contributed by atoms with Gasteiger partial charge in [0.05, 0.1) is 33.8 Å². The van der Waals surface area contributed by atoms with E-state index in [0.29, 0.717) is 38.2 Å². The number of amidine groups is 1. The highest BCUT2D eigenvalue weighted by molar-refractivity contribution is 9.10. The summed E-state index contributed by atoms with van der Waals surface area (Å²) in [6.07, 6.45) is 1.73. The van der Waals surface area contributed by atoms with E-state index >= 15 is 0 Å². The van der Waals surface area contributed by atoms with Crippen molar-refractivity contribution in [1.82, 2.24) is 4.90 Å². The number of phenolic OH excluding ortho intramolecular Hbond substituents is 1. The largest absolute Gasteiger partial charge is 0.503 e. The molecule has 0 spiro atoms. The lowest BCUT2D eigenvalue weighted by Crippen LogP contribution is -2.28. The minimum atomic E-state index is -1.01. The molecule has 1 aliphatic heterocycles. The number of aliphatic imine (C=N–C) groups is 1. The number of aromatic carboxylic acids is 1. The molecule has 1 saturated heterocycles. The average molecular weight is 553 g/mol. The van der Waals surface area contributed by atoms with Gasteiger partial charge in [0.25, 0.3) is 5.91 Å². The van der Waals surface area contributed by atoms with E-state index in [9.17, 15) is 14.7 Å². The third-order valence-electron chi connectivity index (χ3n) is 5.06. The maximum atomic E-state index is 13.4. The van der Waals surface area contributed by atoms with E-state index in [4.69, 9.17) is 9.84 Å². The number of rotatable bonds is 7. The van der Waals surface area contributed by atoms with Crippen LogP contribution < -0.4 is 4.74 Å². The first-order valence-corrected chi connectivity index (χ1v) is 12.3. The second-order valence-electron chi connectivity index (χ2n) is 7.52. The SMILES string of the molecule is CCOc1cc(/C=C2\SC(=Nc3ccccc3)N(Cc3ccc(C(=O)O)cc3)C2=O)cc(Br)c1O. The number of hydrogen-bond donors (Lipinski definition) is 2. The highest BCUT2D eigenvalue weighted by Gasteiger charge is 2.33. The molecular formula is C26H21BrN2O5S. The Kier molecular flexibility index (Phi) is 7.57. The molecule has 3 aromatic rings. The van der Waals surface area contributed by atoms with Crippen molar-refractivity contribution >= 4 is 56.5 Å². The molecule has 0 aliphatic carbocycles. The van der Waals surface area contributed by atoms with Crippen LogP contribution in [0, 0.1) is 0 Å². The van der Waals surface area contributed by atoms with Crippen LogP contribution in [0.1, 0.15) is 28.4 Å². The number of benzene rings is 3. The van der Waals surface area contributed by atoms with Gasteiger partial charge in [-0.3, -0.25) is 9.69 Å². The lowest BCUT2D eigenvalue weighted by molar-refractivity contribution is -0.122. The molecule has 7 nitrogen and oxygen atoms in total. The average Bonchev–Trinajstić information content (AvgIpc) is 3.12. The van der Waals surface area contributed by atoms with Gasteiger partial charge in [-0.05, 0) is 88.2 Å². The molecule has 0 bridgehead atoms. The number of thioether (sulfide) groups is 1. The molecular weight excluding hydrogens is 532 g/mol. The Balaban J connectivity index is 1.70. The van der Waals surface area contributed by atoms with Gasteiger partial charge in [0.15, 0.2) is 16.7 Å². The van der Waals surface area contributed by atoms with Gasteiger partial charge < -0.3 is 14.9 Å². The van der Waals surface area contributed by atoms with E-state index in [2.05, 4.69) is 20.9 Å². The molecule has 0 atom stereocenters. The van der Waals surface area contributed by atoms with Gasteiger partial charge in [0.1, 0.15) is 0 Å². The molecule has 2 N–H and O–H groups in total. The van der Waals surface area contributed by atoms with Crippen LogP contribution in [0.25, 0.3) is 6.08 Å². The summed E-state index contributed by atoms with van der Waals surface area (Å²) < 4.78 is 5.96. The number of nitrogens with zero attached hydrogens (tertiary/aromatic N) is 2. The number of ether oxygens (including phenoxy) is 1. The van der Waals surface area contributed by atoms with Crippen LogP contribution in [0.5, 0.6) is 11.5 Å². The smallest absolute Gasteiger partial charge is 0.335 e. The Morgan fingerprint density at radius 2 is 1.86 bits per heavy atom. The third-order valence-corrected chi connectivity index (χ3v) is 6.67. The molecule has 178 valence electrons. The van der Waals surface area contributed by atoms with Crippen molar-refractivity contribution in [3.63, 3.8) is 0 Å². The van der Waals surface area contributed by atoms with Crippen LogP contribution in [-0.4, -0.2) is 38.8 Å². The summed E-state index contributed by atoms with van der Waals surface area (Å²) in [4.78, 5) is 31.3. The molecule has 1 fully saturated rings. The van der Waals surface area contributed by atoms with Gasteiger partial charge in [-0.1, -0.05) is 30.3 Å². The maximum absolute atomic E-state index is 13.4. The van der Waals surface area contributed by atoms with Gasteiger partial charge >= 0.3 is 5.97 Å². The van der Waals surface area contributed by atoms with Crippen molar-refractivity contribution in [1.29, 1.82) is 0 Å². The molecule has 0 unspecified atom stereocenters. The van der Waals surface area contributed by atoms with Crippen LogP contribution in [-0.2, 0) is 11.3 Å². The predicted octanol–water partition coefficient (Wildman–Crippen LogP) is 6.06. The molecule has 0 saturated carbocycles. The van der Waals surface area contributed by atoms with Crippen molar-refractivity contribution in [2.24, 2.45) is 4.99 Å². The molecule has 0 radical (unpaired) electrons. The maximum Gasteiger partial charge on any atom is 0.335 e. The van der Waals surface area contributed by atoms with Crippen molar-refractivity contribution in [2.45, 2.75) is 13.5 Å². The zero-order valence-electron chi connectivity index (χ0n) is 18.6.